The van der Waals surface area contributed by atoms with Gasteiger partial charge in [0, 0.05) is 32.7 Å². The van der Waals surface area contributed by atoms with Crippen LogP contribution in [0.25, 0.3) is 17.3 Å². The third-order valence-corrected chi connectivity index (χ3v) is 9.00. The van der Waals surface area contributed by atoms with Crippen molar-refractivity contribution in [1.82, 2.24) is 10.3 Å². The Balaban J connectivity index is 1.30. The Morgan fingerprint density at radius 3 is 2.34 bits per heavy atom. The summed E-state index contributed by atoms with van der Waals surface area (Å²) in [5.74, 6) is -0.489. The van der Waals surface area contributed by atoms with Gasteiger partial charge >= 0.3 is 0 Å². The molecule has 0 fully saturated rings. The average Bonchev–Trinajstić information content (AvgIpc) is 3.57. The first-order valence-electron chi connectivity index (χ1n) is 15.1. The third kappa shape index (κ3) is 9.18. The number of ether oxygens (including phenoxy) is 1. The number of thioether (sulfide) groups is 1. The molecule has 8 nitrogen and oxygen atoms in total. The Morgan fingerprint density at radius 1 is 0.872 bits per heavy atom. The van der Waals surface area contributed by atoms with Crippen LogP contribution in [0.2, 0.25) is 0 Å². The molecule has 0 radical (unpaired) electrons. The first-order chi connectivity index (χ1) is 22.9. The van der Waals surface area contributed by atoms with E-state index in [9.17, 15) is 14.4 Å². The Bertz CT molecular complexity index is 1860. The van der Waals surface area contributed by atoms with E-state index in [2.05, 4.69) is 20.9 Å². The van der Waals surface area contributed by atoms with E-state index in [0.29, 0.717) is 40.7 Å². The Kier molecular flexibility index (Phi) is 11.6. The lowest BCUT2D eigenvalue weighted by Gasteiger charge is -2.15. The second kappa shape index (κ2) is 16.4. The maximum absolute atomic E-state index is 13.6. The van der Waals surface area contributed by atoms with Gasteiger partial charge in [-0.3, -0.25) is 14.4 Å². The van der Waals surface area contributed by atoms with E-state index in [0.717, 1.165) is 16.2 Å². The molecule has 5 rings (SSSR count). The number of hydrogen-bond donors (Lipinski definition) is 3. The fraction of sp³-hybridized carbons (Fsp3) is 0.135. The SMILES string of the molecule is CCOc1ccccc1/C=C(/NC(=O)c1ccccc1)C(=O)Nc1cccc(SC(CC)C(=O)Nc2nc(-c3ccccc3)cs2)c1. The van der Waals surface area contributed by atoms with Crippen molar-refractivity contribution in [1.29, 1.82) is 0 Å². The highest BCUT2D eigenvalue weighted by molar-refractivity contribution is 8.00. The molecule has 0 bridgehead atoms. The van der Waals surface area contributed by atoms with Crippen LogP contribution in [0.3, 0.4) is 0 Å². The van der Waals surface area contributed by atoms with Crippen LogP contribution in [-0.2, 0) is 9.59 Å². The van der Waals surface area contributed by atoms with E-state index < -0.39 is 11.8 Å². The van der Waals surface area contributed by atoms with Crippen molar-refractivity contribution in [3.8, 4) is 17.0 Å². The van der Waals surface area contributed by atoms with Crippen molar-refractivity contribution < 1.29 is 19.1 Å². The van der Waals surface area contributed by atoms with Gasteiger partial charge in [-0.15, -0.1) is 23.1 Å². The van der Waals surface area contributed by atoms with Crippen molar-refractivity contribution in [2.75, 3.05) is 17.2 Å². The molecule has 5 aromatic rings. The van der Waals surface area contributed by atoms with E-state index in [-0.39, 0.29) is 16.9 Å². The zero-order valence-electron chi connectivity index (χ0n) is 25.9. The lowest BCUT2D eigenvalue weighted by Crippen LogP contribution is -2.30. The zero-order chi connectivity index (χ0) is 33.0. The monoisotopic (exact) mass is 662 g/mol. The number of carbonyl (C=O) groups is 3. The molecule has 1 heterocycles. The normalized spacial score (nSPS) is 11.7. The van der Waals surface area contributed by atoms with Crippen LogP contribution >= 0.6 is 23.1 Å². The van der Waals surface area contributed by atoms with Gasteiger partial charge in [0.05, 0.1) is 17.6 Å². The summed E-state index contributed by atoms with van der Waals surface area (Å²) in [7, 11) is 0. The van der Waals surface area contributed by atoms with Crippen molar-refractivity contribution in [3.05, 3.63) is 131 Å². The molecule has 1 unspecified atom stereocenters. The fourth-order valence-electron chi connectivity index (χ4n) is 4.58. The molecule has 0 aliphatic rings. The standard InChI is InChI=1S/C37H34N4O4S2/c1-3-33(36(44)41-37-40-31(24-46-37)25-14-7-5-8-15-25)47-29-20-13-19-28(23-29)38-35(43)30(39-34(42)26-16-9-6-10-17-26)22-27-18-11-12-21-32(27)45-4-2/h5-24,33H,3-4H2,1-2H3,(H,38,43)(H,39,42)(H,40,41,44)/b30-22+. The van der Waals surface area contributed by atoms with Crippen LogP contribution in [0.4, 0.5) is 10.8 Å². The smallest absolute Gasteiger partial charge is 0.272 e. The highest BCUT2D eigenvalue weighted by Crippen LogP contribution is 2.30. The number of nitrogens with zero attached hydrogens (tertiary/aromatic N) is 1. The van der Waals surface area contributed by atoms with Gasteiger partial charge in [-0.25, -0.2) is 4.98 Å². The number of benzene rings is 4. The Labute approximate surface area is 282 Å². The maximum atomic E-state index is 13.6. The summed E-state index contributed by atoms with van der Waals surface area (Å²) in [4.78, 5) is 45.3. The summed E-state index contributed by atoms with van der Waals surface area (Å²) in [5.41, 5.74) is 3.42. The Morgan fingerprint density at radius 2 is 1.60 bits per heavy atom. The van der Waals surface area contributed by atoms with Crippen LogP contribution in [0, 0.1) is 0 Å². The number of hydrogen-bond acceptors (Lipinski definition) is 7. The van der Waals surface area contributed by atoms with Gasteiger partial charge in [-0.2, -0.15) is 0 Å². The molecule has 1 atom stereocenters. The number of anilines is 2. The quantitative estimate of drug-likeness (QED) is 0.0868. The largest absolute Gasteiger partial charge is 0.493 e. The number of para-hydroxylation sites is 1. The highest BCUT2D eigenvalue weighted by atomic mass is 32.2. The highest BCUT2D eigenvalue weighted by Gasteiger charge is 2.21. The molecular formula is C37H34N4O4S2. The predicted octanol–water partition coefficient (Wildman–Crippen LogP) is 8.13. The molecule has 0 spiro atoms. The summed E-state index contributed by atoms with van der Waals surface area (Å²) < 4.78 is 5.74. The van der Waals surface area contributed by atoms with Crippen LogP contribution < -0.4 is 20.7 Å². The number of rotatable bonds is 13. The van der Waals surface area contributed by atoms with Crippen molar-refractivity contribution in [3.63, 3.8) is 0 Å². The molecule has 238 valence electrons. The third-order valence-electron chi connectivity index (χ3n) is 6.88. The summed E-state index contributed by atoms with van der Waals surface area (Å²) in [6.45, 7) is 4.28. The minimum Gasteiger partial charge on any atom is -0.493 e. The van der Waals surface area contributed by atoms with Crippen molar-refractivity contribution >= 4 is 57.7 Å². The van der Waals surface area contributed by atoms with Crippen molar-refractivity contribution in [2.24, 2.45) is 0 Å². The van der Waals surface area contributed by atoms with Gasteiger partial charge < -0.3 is 20.7 Å². The number of aromatic nitrogens is 1. The minimum absolute atomic E-state index is 0.0493. The second-order valence-corrected chi connectivity index (χ2v) is 12.4. The van der Waals surface area contributed by atoms with Gasteiger partial charge in [-0.1, -0.05) is 79.7 Å². The molecule has 0 aliphatic carbocycles. The molecule has 3 N–H and O–H groups in total. The van der Waals surface area contributed by atoms with Crippen LogP contribution in [0.1, 0.15) is 36.2 Å². The van der Waals surface area contributed by atoms with Crippen LogP contribution in [-0.4, -0.2) is 34.6 Å². The number of thiazole rings is 1. The van der Waals surface area contributed by atoms with E-state index in [1.807, 2.05) is 92.0 Å². The van der Waals surface area contributed by atoms with Gasteiger partial charge in [0.25, 0.3) is 11.8 Å². The Hall–Kier alpha value is -5.19. The number of amides is 3. The lowest BCUT2D eigenvalue weighted by molar-refractivity contribution is -0.116. The van der Waals surface area contributed by atoms with E-state index >= 15 is 0 Å². The second-order valence-electron chi connectivity index (χ2n) is 10.2. The van der Waals surface area contributed by atoms with Gasteiger partial charge in [0.1, 0.15) is 11.4 Å². The molecule has 0 saturated heterocycles. The average molecular weight is 663 g/mol. The van der Waals surface area contributed by atoms with Gasteiger partial charge in [0.2, 0.25) is 5.91 Å². The van der Waals surface area contributed by atoms with Gasteiger partial charge in [-0.05, 0) is 55.8 Å². The fourth-order valence-corrected chi connectivity index (χ4v) is 6.31. The summed E-state index contributed by atoms with van der Waals surface area (Å²) in [5, 5.41) is 10.7. The van der Waals surface area contributed by atoms with Crippen LogP contribution in [0.15, 0.2) is 125 Å². The first-order valence-corrected chi connectivity index (χ1v) is 16.9. The number of carbonyl (C=O) groups excluding carboxylic acids is 3. The minimum atomic E-state index is -0.509. The topological polar surface area (TPSA) is 109 Å². The molecule has 10 heteroatoms. The summed E-state index contributed by atoms with van der Waals surface area (Å²) >= 11 is 2.78. The maximum Gasteiger partial charge on any atom is 0.272 e. The summed E-state index contributed by atoms with van der Waals surface area (Å²) in [6, 6.07) is 33.1. The molecule has 3 amide bonds. The van der Waals surface area contributed by atoms with Gasteiger partial charge in [0.15, 0.2) is 5.13 Å². The first kappa shape index (κ1) is 33.2. The summed E-state index contributed by atoms with van der Waals surface area (Å²) in [6.07, 6.45) is 2.18. The molecule has 0 aliphatic heterocycles. The molecular weight excluding hydrogens is 629 g/mol. The lowest BCUT2D eigenvalue weighted by atomic mass is 10.1. The molecule has 1 aromatic heterocycles. The molecule has 47 heavy (non-hydrogen) atoms. The van der Waals surface area contributed by atoms with E-state index in [1.165, 1.54) is 23.1 Å². The predicted molar refractivity (Wildman–Crippen MR) is 191 cm³/mol. The number of nitrogens with one attached hydrogen (secondary N) is 3. The van der Waals surface area contributed by atoms with Crippen molar-refractivity contribution in [2.45, 2.75) is 30.4 Å². The van der Waals surface area contributed by atoms with Crippen LogP contribution in [0.5, 0.6) is 5.75 Å². The zero-order valence-corrected chi connectivity index (χ0v) is 27.6. The van der Waals surface area contributed by atoms with E-state index in [1.54, 1.807) is 42.5 Å². The molecule has 4 aromatic carbocycles. The van der Waals surface area contributed by atoms with E-state index in [4.69, 9.17) is 4.74 Å². The molecule has 0 saturated carbocycles.